The van der Waals surface area contributed by atoms with Crippen LogP contribution in [-0.4, -0.2) is 77.7 Å². The molecule has 0 unspecified atom stereocenters. The normalized spacial score (nSPS) is 14.1. The molecule has 5 heterocycles. The van der Waals surface area contributed by atoms with Gasteiger partial charge in [0.1, 0.15) is 11.3 Å². The molecule has 1 aliphatic heterocycles. The Bertz CT molecular complexity index is 2180. The topological polar surface area (TPSA) is 147 Å². The van der Waals surface area contributed by atoms with Crippen molar-refractivity contribution in [1.29, 1.82) is 0 Å². The van der Waals surface area contributed by atoms with Crippen LogP contribution in [-0.2, 0) is 9.31 Å². The standard InChI is InChI=1S/C16H14N2O3.C13H17BN2O2.C9H9ClO3/c1-20-13-4-3-10(8-14(13)21-2)15(19)12-7-11-5-6-17-16(11)18-9-12;1-12(2)13(3,4)18-14(17-12)10-7-9-5-6-15-11(9)16-8-10;1-12-7-4-3-6(9(10)11)5-8(7)13-2/h3-9H,1-2H3,(H,17,18);5-8H,1-4H3,(H,15,16);3-5H,1-2H3. The van der Waals surface area contributed by atoms with Gasteiger partial charge in [0, 0.05) is 57.7 Å². The fourth-order valence-corrected chi connectivity index (χ4v) is 5.35. The molecule has 1 saturated heterocycles. The van der Waals surface area contributed by atoms with Gasteiger partial charge in [-0.1, -0.05) is 0 Å². The third-order valence-electron chi connectivity index (χ3n) is 8.87. The van der Waals surface area contributed by atoms with Crippen molar-refractivity contribution in [3.05, 3.63) is 102 Å². The molecule has 7 rings (SSSR count). The Morgan fingerprint density at radius 1 is 0.635 bits per heavy atom. The smallest absolute Gasteiger partial charge is 0.493 e. The molecule has 52 heavy (non-hydrogen) atoms. The zero-order valence-electron chi connectivity index (χ0n) is 30.2. The number of methoxy groups -OCH3 is 4. The van der Waals surface area contributed by atoms with Crippen LogP contribution in [0.1, 0.15) is 54.0 Å². The maximum atomic E-state index is 12.5. The van der Waals surface area contributed by atoms with Crippen LogP contribution in [0.4, 0.5) is 0 Å². The van der Waals surface area contributed by atoms with Gasteiger partial charge in [0.2, 0.25) is 0 Å². The highest BCUT2D eigenvalue weighted by Gasteiger charge is 2.51. The lowest BCUT2D eigenvalue weighted by Crippen LogP contribution is -2.41. The van der Waals surface area contributed by atoms with Crippen molar-refractivity contribution >= 4 is 57.3 Å². The molecule has 1 fully saturated rings. The molecule has 0 aliphatic carbocycles. The number of aromatic amines is 2. The third kappa shape index (κ3) is 8.23. The number of hydrogen-bond acceptors (Lipinski definition) is 10. The molecule has 1 aliphatic rings. The van der Waals surface area contributed by atoms with E-state index in [1.165, 1.54) is 20.3 Å². The van der Waals surface area contributed by atoms with E-state index in [0.717, 1.165) is 27.5 Å². The molecule has 0 amide bonds. The fraction of sp³-hybridized carbons (Fsp3) is 0.263. The van der Waals surface area contributed by atoms with Gasteiger partial charge in [-0.05, 0) is 100.0 Å². The van der Waals surface area contributed by atoms with Gasteiger partial charge in [-0.3, -0.25) is 9.59 Å². The lowest BCUT2D eigenvalue weighted by Gasteiger charge is -2.32. The lowest BCUT2D eigenvalue weighted by atomic mass is 9.80. The number of fused-ring (bicyclic) bond motifs is 2. The number of hydrogen-bond donors (Lipinski definition) is 2. The minimum absolute atomic E-state index is 0.105. The minimum atomic E-state index is -0.513. The Hall–Kier alpha value is -5.37. The molecule has 2 aromatic carbocycles. The molecule has 12 nitrogen and oxygen atoms in total. The van der Waals surface area contributed by atoms with Crippen molar-refractivity contribution in [1.82, 2.24) is 19.9 Å². The molecular formula is C38H40BClN4O8. The van der Waals surface area contributed by atoms with Gasteiger partial charge in [0.15, 0.2) is 28.8 Å². The van der Waals surface area contributed by atoms with Gasteiger partial charge in [0.25, 0.3) is 5.24 Å². The number of rotatable bonds is 8. The molecule has 0 saturated carbocycles. The van der Waals surface area contributed by atoms with E-state index < -0.39 is 5.24 Å². The lowest BCUT2D eigenvalue weighted by molar-refractivity contribution is 0.00578. The monoisotopic (exact) mass is 726 g/mol. The van der Waals surface area contributed by atoms with Gasteiger partial charge in [-0.15, -0.1) is 0 Å². The van der Waals surface area contributed by atoms with E-state index in [4.69, 9.17) is 39.9 Å². The molecule has 0 spiro atoms. The first-order chi connectivity index (χ1) is 24.8. The predicted molar refractivity (Wildman–Crippen MR) is 201 cm³/mol. The van der Waals surface area contributed by atoms with Gasteiger partial charge in [-0.25, -0.2) is 9.97 Å². The van der Waals surface area contributed by atoms with Crippen molar-refractivity contribution in [2.45, 2.75) is 38.9 Å². The quantitative estimate of drug-likeness (QED) is 0.0980. The number of nitrogens with one attached hydrogen (secondary N) is 2. The second kappa shape index (κ2) is 15.9. The van der Waals surface area contributed by atoms with E-state index in [1.807, 2.05) is 24.4 Å². The Kier molecular flexibility index (Phi) is 11.6. The van der Waals surface area contributed by atoms with Crippen LogP contribution in [0.5, 0.6) is 23.0 Å². The first-order valence-electron chi connectivity index (χ1n) is 16.2. The first kappa shape index (κ1) is 37.9. The number of ether oxygens (including phenoxy) is 4. The predicted octanol–water partition coefficient (Wildman–Crippen LogP) is 6.76. The van der Waals surface area contributed by atoms with Gasteiger partial charge in [0.05, 0.1) is 39.6 Å². The summed E-state index contributed by atoms with van der Waals surface area (Å²) in [6, 6.07) is 17.6. The van der Waals surface area contributed by atoms with Crippen LogP contribution in [0, 0.1) is 0 Å². The molecule has 14 heteroatoms. The summed E-state index contributed by atoms with van der Waals surface area (Å²) in [5, 5.41) is 1.46. The number of carbonyl (C=O) groups excluding carboxylic acids is 2. The minimum Gasteiger partial charge on any atom is -0.493 e. The van der Waals surface area contributed by atoms with E-state index in [2.05, 4.69) is 53.7 Å². The first-order valence-corrected chi connectivity index (χ1v) is 16.6. The number of halogens is 1. The highest BCUT2D eigenvalue weighted by atomic mass is 35.5. The average Bonchev–Trinajstić information content (AvgIpc) is 3.87. The van der Waals surface area contributed by atoms with Crippen molar-refractivity contribution in [3.8, 4) is 23.0 Å². The van der Waals surface area contributed by atoms with Crippen LogP contribution in [0.25, 0.3) is 22.1 Å². The number of nitrogens with zero attached hydrogens (tertiary/aromatic N) is 2. The van der Waals surface area contributed by atoms with Crippen LogP contribution in [0.3, 0.4) is 0 Å². The zero-order valence-corrected chi connectivity index (χ0v) is 31.0. The highest BCUT2D eigenvalue weighted by Crippen LogP contribution is 2.36. The second-order valence-electron chi connectivity index (χ2n) is 12.7. The summed E-state index contributed by atoms with van der Waals surface area (Å²) >= 11 is 5.29. The van der Waals surface area contributed by atoms with Crippen LogP contribution in [0.15, 0.2) is 85.5 Å². The summed E-state index contributed by atoms with van der Waals surface area (Å²) in [6.45, 7) is 8.20. The molecule has 0 bridgehead atoms. The molecule has 0 radical (unpaired) electrons. The average molecular weight is 727 g/mol. The number of benzene rings is 2. The number of H-pyrrole nitrogens is 2. The maximum Gasteiger partial charge on any atom is 0.496 e. The van der Waals surface area contributed by atoms with Crippen molar-refractivity contribution in [2.75, 3.05) is 28.4 Å². The van der Waals surface area contributed by atoms with Gasteiger partial charge >= 0.3 is 7.12 Å². The summed E-state index contributed by atoms with van der Waals surface area (Å²) in [4.78, 5) is 38.0. The molecule has 6 aromatic rings. The van der Waals surface area contributed by atoms with E-state index in [0.29, 0.717) is 39.7 Å². The summed E-state index contributed by atoms with van der Waals surface area (Å²) < 4.78 is 32.4. The number of aromatic nitrogens is 4. The van der Waals surface area contributed by atoms with Crippen LogP contribution < -0.4 is 24.4 Å². The van der Waals surface area contributed by atoms with E-state index in [9.17, 15) is 9.59 Å². The number of pyridine rings is 2. The molecule has 270 valence electrons. The fourth-order valence-electron chi connectivity index (χ4n) is 5.23. The van der Waals surface area contributed by atoms with E-state index in [1.54, 1.807) is 63.1 Å². The molecule has 0 atom stereocenters. The maximum absolute atomic E-state index is 12.5. The summed E-state index contributed by atoms with van der Waals surface area (Å²) in [6.07, 6.45) is 7.05. The van der Waals surface area contributed by atoms with E-state index >= 15 is 0 Å². The Morgan fingerprint density at radius 2 is 1.12 bits per heavy atom. The molecular weight excluding hydrogens is 687 g/mol. The number of ketones is 1. The van der Waals surface area contributed by atoms with Gasteiger partial charge < -0.3 is 38.2 Å². The van der Waals surface area contributed by atoms with Crippen molar-refractivity contribution in [2.24, 2.45) is 0 Å². The Balaban J connectivity index is 0.000000155. The van der Waals surface area contributed by atoms with Crippen molar-refractivity contribution < 1.29 is 37.8 Å². The zero-order chi connectivity index (χ0) is 37.6. The second-order valence-corrected chi connectivity index (χ2v) is 13.0. The SMILES string of the molecule is CC1(C)OB(c2cnc3[nH]ccc3c2)OC1(C)C.COc1ccc(C(=O)Cl)cc1OC.COc1ccc(C(=O)c2cnc3[nH]ccc3c2)cc1OC. The highest BCUT2D eigenvalue weighted by molar-refractivity contribution is 6.67. The Labute approximate surface area is 306 Å². The Morgan fingerprint density at radius 3 is 1.63 bits per heavy atom. The van der Waals surface area contributed by atoms with Crippen LogP contribution in [0.2, 0.25) is 0 Å². The molecule has 4 aromatic heterocycles. The molecule has 2 N–H and O–H groups in total. The summed E-state index contributed by atoms with van der Waals surface area (Å²) in [7, 11) is 5.78. The van der Waals surface area contributed by atoms with E-state index in [-0.39, 0.29) is 24.1 Å². The third-order valence-corrected chi connectivity index (χ3v) is 9.08. The van der Waals surface area contributed by atoms with Crippen LogP contribution >= 0.6 is 11.6 Å². The number of carbonyl (C=O) groups is 2. The van der Waals surface area contributed by atoms with Crippen molar-refractivity contribution in [3.63, 3.8) is 0 Å². The summed E-state index contributed by atoms with van der Waals surface area (Å²) in [5.41, 5.74) is 3.43. The summed E-state index contributed by atoms with van der Waals surface area (Å²) in [5.74, 6) is 2.08. The van der Waals surface area contributed by atoms with Gasteiger partial charge in [-0.2, -0.15) is 0 Å². The largest absolute Gasteiger partial charge is 0.496 e.